The Morgan fingerprint density at radius 3 is 2.92 bits per heavy atom. The Hall–Kier alpha value is -1.03. The summed E-state index contributed by atoms with van der Waals surface area (Å²) in [7, 11) is 1.70. The van der Waals surface area contributed by atoms with Crippen LogP contribution >= 0.6 is 0 Å². The second kappa shape index (κ2) is 2.48. The summed E-state index contributed by atoms with van der Waals surface area (Å²) >= 11 is 0. The third-order valence-corrected chi connectivity index (χ3v) is 2.35. The Labute approximate surface area is 70.7 Å². The maximum atomic E-state index is 5.43. The lowest BCUT2D eigenvalue weighted by molar-refractivity contribution is 0.168. The van der Waals surface area contributed by atoms with E-state index >= 15 is 0 Å². The minimum Gasteiger partial charge on any atom is -0.384 e. The van der Waals surface area contributed by atoms with Crippen molar-refractivity contribution in [2.75, 3.05) is 19.5 Å². The number of nitrogens with two attached hydrogens (primary N) is 1. The van der Waals surface area contributed by atoms with Crippen LogP contribution in [0.2, 0.25) is 0 Å². The molecule has 1 fully saturated rings. The molecular formula is C8H12N2O2. The first-order valence-corrected chi connectivity index (χ1v) is 3.98. The van der Waals surface area contributed by atoms with E-state index in [1.165, 1.54) is 0 Å². The van der Waals surface area contributed by atoms with E-state index in [1.807, 2.05) is 0 Å². The molecule has 4 heteroatoms. The van der Waals surface area contributed by atoms with Gasteiger partial charge in [0.2, 0.25) is 5.88 Å². The zero-order valence-corrected chi connectivity index (χ0v) is 7.04. The second-order valence-electron chi connectivity index (χ2n) is 3.33. The van der Waals surface area contributed by atoms with Crippen molar-refractivity contribution < 1.29 is 9.26 Å². The zero-order valence-electron chi connectivity index (χ0n) is 7.04. The first kappa shape index (κ1) is 7.61. The Balaban J connectivity index is 2.18. The summed E-state index contributed by atoms with van der Waals surface area (Å²) in [6.45, 7) is 0.707. The maximum absolute atomic E-state index is 5.43. The van der Waals surface area contributed by atoms with Crippen molar-refractivity contribution >= 4 is 5.88 Å². The lowest BCUT2D eigenvalue weighted by Crippen LogP contribution is -2.14. The van der Waals surface area contributed by atoms with Crippen LogP contribution in [-0.2, 0) is 10.2 Å². The molecule has 1 aliphatic rings. The van der Waals surface area contributed by atoms with Gasteiger partial charge in [-0.15, -0.1) is 0 Å². The predicted octanol–water partition coefficient (Wildman–Crippen LogP) is 0.935. The molecule has 0 aromatic carbocycles. The molecule has 1 aliphatic carbocycles. The Bertz CT molecular complexity index is 278. The van der Waals surface area contributed by atoms with Crippen LogP contribution in [0, 0.1) is 0 Å². The average Bonchev–Trinajstić information content (AvgIpc) is 2.69. The van der Waals surface area contributed by atoms with Crippen molar-refractivity contribution in [2.45, 2.75) is 18.3 Å². The lowest BCUT2D eigenvalue weighted by Gasteiger charge is -2.08. The number of nitrogens with zero attached hydrogens (tertiary/aromatic N) is 1. The number of hydrogen-bond acceptors (Lipinski definition) is 4. The van der Waals surface area contributed by atoms with Crippen molar-refractivity contribution in [3.8, 4) is 0 Å². The van der Waals surface area contributed by atoms with E-state index in [9.17, 15) is 0 Å². The number of anilines is 1. The highest BCUT2D eigenvalue weighted by molar-refractivity contribution is 5.32. The van der Waals surface area contributed by atoms with Crippen LogP contribution < -0.4 is 5.73 Å². The quantitative estimate of drug-likeness (QED) is 0.729. The molecule has 12 heavy (non-hydrogen) atoms. The van der Waals surface area contributed by atoms with Gasteiger partial charge in [0.25, 0.3) is 0 Å². The fraction of sp³-hybridized carbons (Fsp3) is 0.625. The largest absolute Gasteiger partial charge is 0.384 e. The van der Waals surface area contributed by atoms with Gasteiger partial charge in [0.05, 0.1) is 12.3 Å². The standard InChI is InChI=1S/C8H12N2O2/c1-11-5-8(2-3-8)6-4-7(9)12-10-6/h4H,2-3,5,9H2,1H3. The Morgan fingerprint density at radius 2 is 2.50 bits per heavy atom. The molecule has 1 heterocycles. The van der Waals surface area contributed by atoms with Crippen LogP contribution in [0.25, 0.3) is 0 Å². The van der Waals surface area contributed by atoms with E-state index < -0.39 is 0 Å². The van der Waals surface area contributed by atoms with Gasteiger partial charge >= 0.3 is 0 Å². The van der Waals surface area contributed by atoms with Gasteiger partial charge in [0, 0.05) is 18.6 Å². The first-order chi connectivity index (χ1) is 5.77. The summed E-state index contributed by atoms with van der Waals surface area (Å²) in [6.07, 6.45) is 2.24. The van der Waals surface area contributed by atoms with Gasteiger partial charge in [-0.25, -0.2) is 0 Å². The molecule has 66 valence electrons. The summed E-state index contributed by atoms with van der Waals surface area (Å²) in [5, 5.41) is 3.89. The minimum absolute atomic E-state index is 0.107. The van der Waals surface area contributed by atoms with Crippen molar-refractivity contribution in [1.29, 1.82) is 0 Å². The monoisotopic (exact) mass is 168 g/mol. The zero-order chi connectivity index (χ0) is 8.60. The number of ether oxygens (including phenoxy) is 1. The van der Waals surface area contributed by atoms with Crippen molar-refractivity contribution in [3.05, 3.63) is 11.8 Å². The van der Waals surface area contributed by atoms with Gasteiger partial charge in [0.15, 0.2) is 0 Å². The number of aromatic nitrogens is 1. The second-order valence-corrected chi connectivity index (χ2v) is 3.33. The molecule has 0 atom stereocenters. The molecule has 0 saturated heterocycles. The van der Waals surface area contributed by atoms with Crippen LogP contribution in [0.4, 0.5) is 5.88 Å². The molecule has 1 saturated carbocycles. The highest BCUT2D eigenvalue weighted by Gasteiger charge is 2.46. The molecule has 0 unspecified atom stereocenters. The average molecular weight is 168 g/mol. The third kappa shape index (κ3) is 1.08. The molecule has 0 amide bonds. The summed E-state index contributed by atoms with van der Waals surface area (Å²) in [4.78, 5) is 0. The van der Waals surface area contributed by atoms with Gasteiger partial charge in [0.1, 0.15) is 0 Å². The third-order valence-electron chi connectivity index (χ3n) is 2.35. The van der Waals surface area contributed by atoms with Crippen LogP contribution in [0.15, 0.2) is 10.6 Å². The summed E-state index contributed by atoms with van der Waals surface area (Å²) in [5.74, 6) is 0.382. The first-order valence-electron chi connectivity index (χ1n) is 3.98. The van der Waals surface area contributed by atoms with E-state index in [4.69, 9.17) is 15.0 Å². The molecule has 4 nitrogen and oxygen atoms in total. The summed E-state index contributed by atoms with van der Waals surface area (Å²) < 4.78 is 9.92. The summed E-state index contributed by atoms with van der Waals surface area (Å²) in [6, 6.07) is 1.78. The predicted molar refractivity (Wildman–Crippen MR) is 43.7 cm³/mol. The van der Waals surface area contributed by atoms with Crippen LogP contribution in [0.1, 0.15) is 18.5 Å². The molecule has 0 spiro atoms. The van der Waals surface area contributed by atoms with Crippen LogP contribution in [0.3, 0.4) is 0 Å². The molecular weight excluding hydrogens is 156 g/mol. The van der Waals surface area contributed by atoms with Crippen LogP contribution in [0.5, 0.6) is 0 Å². The molecule has 0 bridgehead atoms. The number of hydrogen-bond donors (Lipinski definition) is 1. The molecule has 1 aromatic rings. The maximum Gasteiger partial charge on any atom is 0.222 e. The number of rotatable bonds is 3. The minimum atomic E-state index is 0.107. The van der Waals surface area contributed by atoms with Gasteiger partial charge in [-0.2, -0.15) is 0 Å². The van der Waals surface area contributed by atoms with Crippen molar-refractivity contribution in [1.82, 2.24) is 5.16 Å². The normalized spacial score (nSPS) is 19.4. The highest BCUT2D eigenvalue weighted by atomic mass is 16.5. The molecule has 0 radical (unpaired) electrons. The molecule has 2 N–H and O–H groups in total. The fourth-order valence-electron chi connectivity index (χ4n) is 1.44. The highest BCUT2D eigenvalue weighted by Crippen LogP contribution is 2.47. The SMILES string of the molecule is COCC1(c2cc(N)on2)CC1. The molecule has 2 rings (SSSR count). The van der Waals surface area contributed by atoms with Crippen LogP contribution in [-0.4, -0.2) is 18.9 Å². The fourth-order valence-corrected chi connectivity index (χ4v) is 1.44. The number of nitrogen functional groups attached to an aromatic ring is 1. The van der Waals surface area contributed by atoms with Crippen molar-refractivity contribution in [3.63, 3.8) is 0 Å². The van der Waals surface area contributed by atoms with Gasteiger partial charge < -0.3 is 15.0 Å². The van der Waals surface area contributed by atoms with E-state index in [1.54, 1.807) is 13.2 Å². The van der Waals surface area contributed by atoms with E-state index in [0.29, 0.717) is 12.5 Å². The Kier molecular flexibility index (Phi) is 1.58. The van der Waals surface area contributed by atoms with E-state index in [-0.39, 0.29) is 5.41 Å². The van der Waals surface area contributed by atoms with Crippen molar-refractivity contribution in [2.24, 2.45) is 0 Å². The van der Waals surface area contributed by atoms with Gasteiger partial charge in [-0.3, -0.25) is 0 Å². The Morgan fingerprint density at radius 1 is 1.75 bits per heavy atom. The van der Waals surface area contributed by atoms with E-state index in [2.05, 4.69) is 5.16 Å². The molecule has 1 aromatic heterocycles. The smallest absolute Gasteiger partial charge is 0.222 e. The van der Waals surface area contributed by atoms with E-state index in [0.717, 1.165) is 18.5 Å². The lowest BCUT2D eigenvalue weighted by atomic mass is 10.0. The molecule has 0 aliphatic heterocycles. The summed E-state index contributed by atoms with van der Waals surface area (Å²) in [5.41, 5.74) is 6.47. The van der Waals surface area contributed by atoms with Gasteiger partial charge in [-0.1, -0.05) is 5.16 Å². The topological polar surface area (TPSA) is 61.3 Å². The number of methoxy groups -OCH3 is 1. The van der Waals surface area contributed by atoms with Gasteiger partial charge in [-0.05, 0) is 12.8 Å².